The largest absolute Gasteiger partial charge is 0.478 e. The summed E-state index contributed by atoms with van der Waals surface area (Å²) in [5, 5.41) is 8.98. The molecule has 0 spiro atoms. The standard InChI is InChI=1S/C19H20N2O4/c22-17-5-1-2-10-21(17)13-18(23)20-11-3-4-16(12-20)14-6-8-15(9-7-14)19(24)25/h1-2,5-10,16H,3-4,11-13H2,(H,24,25)/t16-/m1/s1. The zero-order chi connectivity index (χ0) is 17.8. The summed E-state index contributed by atoms with van der Waals surface area (Å²) in [4.78, 5) is 37.0. The highest BCUT2D eigenvalue weighted by atomic mass is 16.4. The zero-order valence-electron chi connectivity index (χ0n) is 13.8. The van der Waals surface area contributed by atoms with Gasteiger partial charge in [-0.05, 0) is 36.6 Å². The van der Waals surface area contributed by atoms with E-state index >= 15 is 0 Å². The van der Waals surface area contributed by atoms with Crippen molar-refractivity contribution in [2.75, 3.05) is 13.1 Å². The quantitative estimate of drug-likeness (QED) is 0.923. The van der Waals surface area contributed by atoms with Crippen molar-refractivity contribution < 1.29 is 14.7 Å². The predicted molar refractivity (Wildman–Crippen MR) is 92.7 cm³/mol. The lowest BCUT2D eigenvalue weighted by Gasteiger charge is -2.33. The van der Waals surface area contributed by atoms with E-state index in [0.717, 1.165) is 18.4 Å². The van der Waals surface area contributed by atoms with Crippen LogP contribution in [0.5, 0.6) is 0 Å². The van der Waals surface area contributed by atoms with E-state index < -0.39 is 5.97 Å². The molecule has 2 aromatic rings. The first-order chi connectivity index (χ1) is 12.0. The molecule has 6 heteroatoms. The van der Waals surface area contributed by atoms with E-state index in [4.69, 9.17) is 5.11 Å². The van der Waals surface area contributed by atoms with Crippen LogP contribution in [0.3, 0.4) is 0 Å². The van der Waals surface area contributed by atoms with Crippen LogP contribution in [0.4, 0.5) is 0 Å². The molecule has 25 heavy (non-hydrogen) atoms. The summed E-state index contributed by atoms with van der Waals surface area (Å²) in [5.41, 5.74) is 1.11. The molecule has 1 amide bonds. The van der Waals surface area contributed by atoms with E-state index in [1.165, 1.54) is 10.6 Å². The number of benzene rings is 1. The van der Waals surface area contributed by atoms with Gasteiger partial charge in [-0.3, -0.25) is 9.59 Å². The van der Waals surface area contributed by atoms with Crippen molar-refractivity contribution >= 4 is 11.9 Å². The number of rotatable bonds is 4. The number of aromatic carboxylic acids is 1. The maximum Gasteiger partial charge on any atom is 0.335 e. The van der Waals surface area contributed by atoms with Crippen LogP contribution in [-0.4, -0.2) is 39.5 Å². The van der Waals surface area contributed by atoms with Crippen LogP contribution in [0.2, 0.25) is 0 Å². The second kappa shape index (κ2) is 7.34. The number of carbonyl (C=O) groups is 2. The molecular formula is C19H20N2O4. The van der Waals surface area contributed by atoms with Crippen molar-refractivity contribution in [1.29, 1.82) is 0 Å². The third-order valence-corrected chi connectivity index (χ3v) is 4.61. The minimum atomic E-state index is -0.944. The molecule has 0 radical (unpaired) electrons. The predicted octanol–water partition coefficient (Wildman–Crippen LogP) is 1.95. The molecule has 1 aliphatic heterocycles. The number of amides is 1. The van der Waals surface area contributed by atoms with Gasteiger partial charge in [0.2, 0.25) is 5.91 Å². The summed E-state index contributed by atoms with van der Waals surface area (Å²) >= 11 is 0. The van der Waals surface area contributed by atoms with Crippen LogP contribution >= 0.6 is 0 Å². The summed E-state index contributed by atoms with van der Waals surface area (Å²) in [6, 6.07) is 11.7. The summed E-state index contributed by atoms with van der Waals surface area (Å²) in [7, 11) is 0. The minimum Gasteiger partial charge on any atom is -0.478 e. The van der Waals surface area contributed by atoms with E-state index in [9.17, 15) is 14.4 Å². The summed E-state index contributed by atoms with van der Waals surface area (Å²) < 4.78 is 1.41. The molecular weight excluding hydrogens is 320 g/mol. The number of carboxylic acid groups (broad SMARTS) is 1. The number of hydrogen-bond acceptors (Lipinski definition) is 3. The average molecular weight is 340 g/mol. The lowest BCUT2D eigenvalue weighted by molar-refractivity contribution is -0.133. The summed E-state index contributed by atoms with van der Waals surface area (Å²) in [5.74, 6) is -0.825. The van der Waals surface area contributed by atoms with Gasteiger partial charge in [0, 0.05) is 31.3 Å². The monoisotopic (exact) mass is 340 g/mol. The second-order valence-corrected chi connectivity index (χ2v) is 6.27. The number of carboxylic acids is 1. The molecule has 1 N–H and O–H groups in total. The average Bonchev–Trinajstić information content (AvgIpc) is 2.64. The first-order valence-electron chi connectivity index (χ1n) is 8.31. The number of nitrogens with zero attached hydrogens (tertiary/aromatic N) is 2. The molecule has 130 valence electrons. The number of piperidine rings is 1. The highest BCUT2D eigenvalue weighted by Crippen LogP contribution is 2.27. The third-order valence-electron chi connectivity index (χ3n) is 4.61. The summed E-state index contributed by atoms with van der Waals surface area (Å²) in [6.07, 6.45) is 3.47. The van der Waals surface area contributed by atoms with Gasteiger partial charge < -0.3 is 14.6 Å². The van der Waals surface area contributed by atoms with Crippen molar-refractivity contribution in [3.63, 3.8) is 0 Å². The summed E-state index contributed by atoms with van der Waals surface area (Å²) in [6.45, 7) is 1.32. The maximum atomic E-state index is 12.5. The highest BCUT2D eigenvalue weighted by molar-refractivity contribution is 5.87. The maximum absolute atomic E-state index is 12.5. The lowest BCUT2D eigenvalue weighted by Crippen LogP contribution is -2.42. The Morgan fingerprint density at radius 2 is 1.88 bits per heavy atom. The fraction of sp³-hybridized carbons (Fsp3) is 0.316. The van der Waals surface area contributed by atoms with E-state index in [0.29, 0.717) is 13.1 Å². The Balaban J connectivity index is 1.68. The first-order valence-corrected chi connectivity index (χ1v) is 8.31. The molecule has 6 nitrogen and oxygen atoms in total. The molecule has 1 atom stereocenters. The number of likely N-dealkylation sites (tertiary alicyclic amines) is 1. The van der Waals surface area contributed by atoms with Crippen LogP contribution in [0.15, 0.2) is 53.5 Å². The van der Waals surface area contributed by atoms with E-state index in [1.807, 2.05) is 12.1 Å². The highest BCUT2D eigenvalue weighted by Gasteiger charge is 2.25. The van der Waals surface area contributed by atoms with Crippen LogP contribution in [0, 0.1) is 0 Å². The van der Waals surface area contributed by atoms with Gasteiger partial charge in [-0.2, -0.15) is 0 Å². The first kappa shape index (κ1) is 17.0. The molecule has 3 rings (SSSR count). The van der Waals surface area contributed by atoms with Crippen molar-refractivity contribution in [2.24, 2.45) is 0 Å². The van der Waals surface area contributed by atoms with Crippen LogP contribution in [0.25, 0.3) is 0 Å². The van der Waals surface area contributed by atoms with E-state index in [2.05, 4.69) is 0 Å². The second-order valence-electron chi connectivity index (χ2n) is 6.27. The number of carbonyl (C=O) groups excluding carboxylic acids is 1. The number of aromatic nitrogens is 1. The lowest BCUT2D eigenvalue weighted by atomic mass is 9.90. The fourth-order valence-electron chi connectivity index (χ4n) is 3.21. The topological polar surface area (TPSA) is 79.6 Å². The Kier molecular flexibility index (Phi) is 4.97. The minimum absolute atomic E-state index is 0.0460. The van der Waals surface area contributed by atoms with Gasteiger partial charge in [-0.15, -0.1) is 0 Å². The van der Waals surface area contributed by atoms with E-state index in [1.54, 1.807) is 35.4 Å². The van der Waals surface area contributed by atoms with Crippen LogP contribution < -0.4 is 5.56 Å². The van der Waals surface area contributed by atoms with Crippen molar-refractivity contribution in [1.82, 2.24) is 9.47 Å². The molecule has 1 fully saturated rings. The Hall–Kier alpha value is -2.89. The fourth-order valence-corrected chi connectivity index (χ4v) is 3.21. The Morgan fingerprint density at radius 1 is 1.12 bits per heavy atom. The smallest absolute Gasteiger partial charge is 0.335 e. The Bertz CT molecular complexity index is 826. The zero-order valence-corrected chi connectivity index (χ0v) is 13.8. The molecule has 1 aromatic heterocycles. The normalized spacial score (nSPS) is 17.3. The Morgan fingerprint density at radius 3 is 2.56 bits per heavy atom. The van der Waals surface area contributed by atoms with Crippen molar-refractivity contribution in [2.45, 2.75) is 25.3 Å². The van der Waals surface area contributed by atoms with Gasteiger partial charge in [-0.25, -0.2) is 4.79 Å². The van der Waals surface area contributed by atoms with E-state index in [-0.39, 0.29) is 29.5 Å². The van der Waals surface area contributed by atoms with Crippen molar-refractivity contribution in [3.8, 4) is 0 Å². The number of pyridine rings is 1. The van der Waals surface area contributed by atoms with Gasteiger partial charge in [0.25, 0.3) is 5.56 Å². The number of hydrogen-bond donors (Lipinski definition) is 1. The van der Waals surface area contributed by atoms with Gasteiger partial charge in [0.1, 0.15) is 6.54 Å². The Labute approximate surface area is 145 Å². The SMILES string of the molecule is O=C(O)c1ccc([C@@H]2CCCN(C(=O)Cn3ccccc3=O)C2)cc1. The molecule has 1 saturated heterocycles. The molecule has 0 aliphatic carbocycles. The molecule has 2 heterocycles. The van der Waals surface area contributed by atoms with Crippen LogP contribution in [0.1, 0.15) is 34.7 Å². The van der Waals surface area contributed by atoms with Crippen LogP contribution in [-0.2, 0) is 11.3 Å². The molecule has 1 aliphatic rings. The molecule has 0 bridgehead atoms. The van der Waals surface area contributed by atoms with Gasteiger partial charge in [-0.1, -0.05) is 18.2 Å². The molecule has 1 aromatic carbocycles. The van der Waals surface area contributed by atoms with Gasteiger partial charge >= 0.3 is 5.97 Å². The molecule has 0 unspecified atom stereocenters. The molecule has 0 saturated carbocycles. The third kappa shape index (κ3) is 3.96. The van der Waals surface area contributed by atoms with Crippen molar-refractivity contribution in [3.05, 3.63) is 70.1 Å². The van der Waals surface area contributed by atoms with Gasteiger partial charge in [0.05, 0.1) is 5.56 Å². The van der Waals surface area contributed by atoms with Gasteiger partial charge in [0.15, 0.2) is 0 Å².